The molecule has 0 aromatic carbocycles. The van der Waals surface area contributed by atoms with Crippen LogP contribution in [0.5, 0.6) is 0 Å². The van der Waals surface area contributed by atoms with Crippen LogP contribution in [0.2, 0.25) is 0 Å². The highest BCUT2D eigenvalue weighted by molar-refractivity contribution is 6.23. The van der Waals surface area contributed by atoms with Crippen molar-refractivity contribution >= 4 is 10.0 Å². The van der Waals surface area contributed by atoms with Crippen LogP contribution < -0.4 is 0 Å². The van der Waals surface area contributed by atoms with E-state index in [1.165, 1.54) is 18.5 Å². The summed E-state index contributed by atoms with van der Waals surface area (Å²) in [6.45, 7) is 0.957. The molecule has 1 heterocycles. The highest BCUT2D eigenvalue weighted by Gasteiger charge is 2.24. The third kappa shape index (κ3) is 1.33. The smallest absolute Gasteiger partial charge is 0.318 e. The van der Waals surface area contributed by atoms with E-state index in [9.17, 15) is 4.11 Å². The molecule has 0 amide bonds. The molecule has 1 saturated heterocycles. The summed E-state index contributed by atoms with van der Waals surface area (Å²) in [7, 11) is -1.47. The van der Waals surface area contributed by atoms with Gasteiger partial charge in [-0.2, -0.15) is 0 Å². The first-order valence-corrected chi connectivity index (χ1v) is 5.76. The summed E-state index contributed by atoms with van der Waals surface area (Å²) in [5, 5.41) is 0. The molecule has 1 nitrogen and oxygen atoms in total. The van der Waals surface area contributed by atoms with E-state index in [1.54, 1.807) is 0 Å². The number of hydrogen-bond donors (Lipinski definition) is 0. The molecular weight excluding hydrogens is 169 g/mol. The van der Waals surface area contributed by atoms with Crippen LogP contribution in [-0.4, -0.2) is 21.1 Å². The number of nitrogens with zero attached hydrogens (tertiary/aromatic N) is 1. The predicted octanol–water partition coefficient (Wildman–Crippen LogP) is 1.51. The van der Waals surface area contributed by atoms with Crippen LogP contribution in [0.15, 0.2) is 23.9 Å². The lowest BCUT2D eigenvalue weighted by Gasteiger charge is -2.36. The Labute approximate surface area is 75.0 Å². The molecule has 12 heavy (non-hydrogen) atoms. The molecule has 1 atom stereocenters. The minimum atomic E-state index is -1.47. The van der Waals surface area contributed by atoms with E-state index in [-0.39, 0.29) is 0 Å². The molecule has 0 saturated carbocycles. The van der Waals surface area contributed by atoms with Crippen LogP contribution in [0.3, 0.4) is 0 Å². The molecule has 0 aromatic heterocycles. The number of allylic oxidation sites excluding steroid dienone is 4. The van der Waals surface area contributed by atoms with E-state index in [0.717, 1.165) is 13.0 Å². The van der Waals surface area contributed by atoms with Gasteiger partial charge in [-0.05, 0) is 25.3 Å². The Hall–Kier alpha value is -0.573. The van der Waals surface area contributed by atoms with Gasteiger partial charge >= 0.3 is 10.0 Å². The molecule has 2 aliphatic rings. The van der Waals surface area contributed by atoms with Crippen molar-refractivity contribution in [3.8, 4) is 0 Å². The third-order valence-electron chi connectivity index (χ3n) is 2.73. The molecule has 0 spiro atoms. The average Bonchev–Trinajstić information content (AvgIpc) is 2.17. The number of piperidine rings is 1. The van der Waals surface area contributed by atoms with Gasteiger partial charge in [0, 0.05) is 18.2 Å². The summed E-state index contributed by atoms with van der Waals surface area (Å²) in [4.78, 5) is 0. The molecule has 0 N–H and O–H groups in total. The van der Waals surface area contributed by atoms with E-state index in [0.29, 0.717) is 5.92 Å². The number of halogens is 1. The predicted molar refractivity (Wildman–Crippen MR) is 50.9 cm³/mol. The highest BCUT2D eigenvalue weighted by Crippen LogP contribution is 2.31. The third-order valence-corrected chi connectivity index (χ3v) is 3.70. The number of rotatable bonds is 1. The summed E-state index contributed by atoms with van der Waals surface area (Å²) in [5.74, 6) is 0.631. The Morgan fingerprint density at radius 1 is 1.58 bits per heavy atom. The molecule has 1 aliphatic heterocycles. The van der Waals surface area contributed by atoms with Crippen LogP contribution in [0, 0.1) is 5.92 Å². The van der Waals surface area contributed by atoms with Crippen molar-refractivity contribution in [3.05, 3.63) is 23.9 Å². The standard InChI is InChI=1S/C9H14FNSi/c10-12-11-7-3-5-8-4-1-2-6-9(8)11/h1-2,6,8H,3-5,7,12H2. The second-order valence-corrected chi connectivity index (χ2v) is 4.48. The lowest BCUT2D eigenvalue weighted by atomic mass is 9.89. The van der Waals surface area contributed by atoms with Gasteiger partial charge in [0.1, 0.15) is 0 Å². The van der Waals surface area contributed by atoms with Crippen molar-refractivity contribution in [2.24, 2.45) is 5.92 Å². The van der Waals surface area contributed by atoms with E-state index in [4.69, 9.17) is 0 Å². The van der Waals surface area contributed by atoms with Crippen LogP contribution in [-0.2, 0) is 0 Å². The van der Waals surface area contributed by atoms with Gasteiger partial charge in [0.15, 0.2) is 0 Å². The Balaban J connectivity index is 2.17. The molecule has 66 valence electrons. The van der Waals surface area contributed by atoms with Crippen molar-refractivity contribution in [3.63, 3.8) is 0 Å². The van der Waals surface area contributed by atoms with Crippen LogP contribution >= 0.6 is 0 Å². The zero-order valence-electron chi connectivity index (χ0n) is 7.17. The highest BCUT2D eigenvalue weighted by atomic mass is 28.3. The maximum absolute atomic E-state index is 12.6. The van der Waals surface area contributed by atoms with E-state index in [1.807, 2.05) is 4.57 Å². The van der Waals surface area contributed by atoms with Gasteiger partial charge in [-0.15, -0.1) is 0 Å². The van der Waals surface area contributed by atoms with E-state index >= 15 is 0 Å². The summed E-state index contributed by atoms with van der Waals surface area (Å²) in [5.41, 5.74) is 1.28. The monoisotopic (exact) mass is 183 g/mol. The van der Waals surface area contributed by atoms with Crippen LogP contribution in [0.1, 0.15) is 19.3 Å². The molecule has 0 bridgehead atoms. The van der Waals surface area contributed by atoms with Gasteiger partial charge in [-0.1, -0.05) is 12.2 Å². The van der Waals surface area contributed by atoms with Crippen LogP contribution in [0.4, 0.5) is 4.11 Å². The van der Waals surface area contributed by atoms with Gasteiger partial charge in [0.05, 0.1) is 0 Å². The minimum Gasteiger partial charge on any atom is -0.381 e. The van der Waals surface area contributed by atoms with E-state index < -0.39 is 10.0 Å². The molecule has 3 heteroatoms. The van der Waals surface area contributed by atoms with Crippen molar-refractivity contribution < 1.29 is 4.11 Å². The zero-order chi connectivity index (χ0) is 8.39. The first kappa shape index (κ1) is 8.04. The Morgan fingerprint density at radius 3 is 3.33 bits per heavy atom. The second-order valence-electron chi connectivity index (χ2n) is 3.48. The maximum Gasteiger partial charge on any atom is 0.318 e. The molecule has 0 radical (unpaired) electrons. The Kier molecular flexibility index (Phi) is 2.30. The van der Waals surface area contributed by atoms with Crippen molar-refractivity contribution in [2.45, 2.75) is 19.3 Å². The van der Waals surface area contributed by atoms with Crippen molar-refractivity contribution in [1.29, 1.82) is 0 Å². The molecule has 1 fully saturated rings. The topological polar surface area (TPSA) is 3.24 Å². The fraction of sp³-hybridized carbons (Fsp3) is 0.556. The van der Waals surface area contributed by atoms with Crippen molar-refractivity contribution in [2.75, 3.05) is 6.54 Å². The lowest BCUT2D eigenvalue weighted by molar-refractivity contribution is 0.332. The molecule has 0 aromatic rings. The summed E-state index contributed by atoms with van der Waals surface area (Å²) in [6, 6.07) is 0. The molecular formula is C9H14FNSi. The molecule has 2 rings (SSSR count). The molecule has 1 aliphatic carbocycles. The largest absolute Gasteiger partial charge is 0.381 e. The molecule has 1 unspecified atom stereocenters. The minimum absolute atomic E-state index is 0.631. The SMILES string of the molecule is F[SiH2]N1CCCC2CC=CC=C21. The van der Waals surface area contributed by atoms with Crippen LogP contribution in [0.25, 0.3) is 0 Å². The summed E-state index contributed by atoms with van der Waals surface area (Å²) < 4.78 is 14.6. The van der Waals surface area contributed by atoms with Gasteiger partial charge in [-0.25, -0.2) is 0 Å². The summed E-state index contributed by atoms with van der Waals surface area (Å²) in [6.07, 6.45) is 9.90. The first-order chi connectivity index (χ1) is 5.92. The zero-order valence-corrected chi connectivity index (χ0v) is 8.58. The fourth-order valence-corrected chi connectivity index (χ4v) is 2.93. The van der Waals surface area contributed by atoms with Gasteiger partial charge in [0.25, 0.3) is 0 Å². The normalized spacial score (nSPS) is 29.2. The van der Waals surface area contributed by atoms with Crippen molar-refractivity contribution in [1.82, 2.24) is 4.57 Å². The quantitative estimate of drug-likeness (QED) is 0.440. The summed E-state index contributed by atoms with van der Waals surface area (Å²) >= 11 is 0. The van der Waals surface area contributed by atoms with Gasteiger partial charge in [-0.3, -0.25) is 4.11 Å². The Bertz CT molecular complexity index is 225. The number of fused-ring (bicyclic) bond motifs is 1. The lowest BCUT2D eigenvalue weighted by Crippen LogP contribution is -2.34. The average molecular weight is 183 g/mol. The first-order valence-electron chi connectivity index (χ1n) is 4.59. The van der Waals surface area contributed by atoms with E-state index in [2.05, 4.69) is 18.2 Å². The Morgan fingerprint density at radius 2 is 2.50 bits per heavy atom. The number of hydrogen-bond acceptors (Lipinski definition) is 1. The maximum atomic E-state index is 12.6. The van der Waals surface area contributed by atoms with Gasteiger partial charge in [0.2, 0.25) is 0 Å². The second kappa shape index (κ2) is 3.43. The van der Waals surface area contributed by atoms with Gasteiger partial charge < -0.3 is 4.57 Å². The fourth-order valence-electron chi connectivity index (χ4n) is 2.08.